The fourth-order valence-corrected chi connectivity index (χ4v) is 12.2. The van der Waals surface area contributed by atoms with Gasteiger partial charge in [0.25, 0.3) is 23.6 Å². The largest absolute Gasteiger partial charge is 0.306 e. The minimum Gasteiger partial charge on any atom is -0.306 e. The zero-order valence-corrected chi connectivity index (χ0v) is 38.2. The van der Waals surface area contributed by atoms with Gasteiger partial charge < -0.3 is 21.3 Å². The molecule has 9 rings (SSSR count). The summed E-state index contributed by atoms with van der Waals surface area (Å²) >= 11 is 0. The topological polar surface area (TPSA) is 142 Å². The van der Waals surface area contributed by atoms with E-state index in [9.17, 15) is 19.2 Å². The van der Waals surface area contributed by atoms with Gasteiger partial charge in [0.2, 0.25) is 0 Å². The Kier molecular flexibility index (Phi) is 14.0. The maximum atomic E-state index is 13.6. The monoisotopic (exact) mass is 924 g/mol. The molecule has 4 N–H and O–H groups in total. The van der Waals surface area contributed by atoms with Crippen LogP contribution >= 0.6 is 15.8 Å². The van der Waals surface area contributed by atoms with E-state index < -0.39 is 27.7 Å². The van der Waals surface area contributed by atoms with Gasteiger partial charge in [-0.3, -0.25) is 19.2 Å². The van der Waals surface area contributed by atoms with E-state index in [2.05, 4.69) is 79.8 Å². The molecule has 0 radical (unpaired) electrons. The SMILES string of the molecule is O=C(Nc1cccc(NC(=O)c2cccc(P(c3ccccc3)c3ccccc3)c2)n1)c1cccc(C(=O)Nc2cccc(NC(=O)c3cccc(P(c4ccccc4)c4ccccc4)c3)n2)c1. The third kappa shape index (κ3) is 11.0. The van der Waals surface area contributed by atoms with E-state index in [1.807, 2.05) is 109 Å². The zero-order chi connectivity index (χ0) is 46.7. The first-order valence-corrected chi connectivity index (χ1v) is 24.3. The van der Waals surface area contributed by atoms with Gasteiger partial charge >= 0.3 is 0 Å². The van der Waals surface area contributed by atoms with Gasteiger partial charge in [-0.15, -0.1) is 0 Å². The number of carbonyl (C=O) groups is 4. The number of anilines is 4. The number of pyridine rings is 2. The van der Waals surface area contributed by atoms with Gasteiger partial charge in [0.15, 0.2) is 0 Å². The lowest BCUT2D eigenvalue weighted by Gasteiger charge is -2.20. The van der Waals surface area contributed by atoms with Crippen LogP contribution in [-0.4, -0.2) is 33.6 Å². The van der Waals surface area contributed by atoms with Crippen molar-refractivity contribution in [2.75, 3.05) is 21.3 Å². The normalized spacial score (nSPS) is 10.9. The molecule has 0 fully saturated rings. The molecule has 0 unspecified atom stereocenters. The summed E-state index contributed by atoms with van der Waals surface area (Å²) in [4.78, 5) is 63.1. The van der Waals surface area contributed by atoms with Crippen molar-refractivity contribution >= 4 is 94.6 Å². The molecule has 0 aliphatic heterocycles. The second kappa shape index (κ2) is 21.3. The number of benzene rings is 7. The molecule has 68 heavy (non-hydrogen) atoms. The summed E-state index contributed by atoms with van der Waals surface area (Å²) in [5.74, 6) is -0.799. The van der Waals surface area contributed by atoms with Crippen LogP contribution in [0.2, 0.25) is 0 Å². The Morgan fingerprint density at radius 2 is 0.500 bits per heavy atom. The molecular weight excluding hydrogens is 883 g/mol. The van der Waals surface area contributed by atoms with Gasteiger partial charge in [-0.05, 0) is 114 Å². The summed E-state index contributed by atoms with van der Waals surface area (Å²) in [5.41, 5.74) is 1.36. The van der Waals surface area contributed by atoms with Gasteiger partial charge in [-0.25, -0.2) is 9.97 Å². The molecule has 0 aliphatic rings. The standard InChI is InChI=1S/C56H42N6O4P2/c63-53(59-49-32-16-34-51(57-49)61-55(65)41-20-14-30-47(37-41)67(43-22-5-1-6-23-43)44-24-7-2-8-25-44)39-18-13-19-40(36-39)54(64)60-50-33-17-35-52(58-50)62-56(66)42-21-15-31-48(38-42)68(45-26-9-3-10-27-45)46-28-11-4-12-29-46/h1-38H,(H2,57,59,61,63,65)(H2,58,60,62,64,66). The number of carbonyl (C=O) groups excluding carboxylic acids is 4. The smallest absolute Gasteiger partial charge is 0.256 e. The second-order valence-corrected chi connectivity index (χ2v) is 19.8. The molecule has 0 atom stereocenters. The molecule has 2 aromatic heterocycles. The Bertz CT molecular complexity index is 2940. The van der Waals surface area contributed by atoms with Crippen molar-refractivity contribution in [1.29, 1.82) is 0 Å². The molecule has 0 spiro atoms. The lowest BCUT2D eigenvalue weighted by atomic mass is 10.1. The summed E-state index contributed by atoms with van der Waals surface area (Å²) in [6.45, 7) is 0. The third-order valence-corrected chi connectivity index (χ3v) is 15.5. The lowest BCUT2D eigenvalue weighted by molar-refractivity contribution is 0.101. The fraction of sp³-hybridized carbons (Fsp3) is 0. The van der Waals surface area contributed by atoms with Crippen molar-refractivity contribution in [3.8, 4) is 0 Å². The van der Waals surface area contributed by atoms with E-state index >= 15 is 0 Å². The molecule has 10 nitrogen and oxygen atoms in total. The summed E-state index contributed by atoms with van der Waals surface area (Å²) in [6, 6.07) is 72.3. The highest BCUT2D eigenvalue weighted by atomic mass is 31.1. The van der Waals surface area contributed by atoms with Crippen LogP contribution in [0.15, 0.2) is 231 Å². The molecule has 0 saturated carbocycles. The predicted octanol–water partition coefficient (Wildman–Crippen LogP) is 9.00. The van der Waals surface area contributed by atoms with E-state index in [0.29, 0.717) is 11.1 Å². The number of amides is 4. The molecule has 4 amide bonds. The van der Waals surface area contributed by atoms with Gasteiger partial charge in [0, 0.05) is 22.3 Å². The number of nitrogens with one attached hydrogen (secondary N) is 4. The van der Waals surface area contributed by atoms with Gasteiger partial charge in [-0.2, -0.15) is 0 Å². The number of aromatic nitrogens is 2. The second-order valence-electron chi connectivity index (χ2n) is 15.3. The Balaban J connectivity index is 0.832. The van der Waals surface area contributed by atoms with Crippen molar-refractivity contribution in [3.05, 3.63) is 253 Å². The maximum Gasteiger partial charge on any atom is 0.256 e. The molecule has 0 bridgehead atoms. The highest BCUT2D eigenvalue weighted by molar-refractivity contribution is 7.80. The summed E-state index contributed by atoms with van der Waals surface area (Å²) < 4.78 is 0. The molecule has 2 heterocycles. The van der Waals surface area contributed by atoms with Crippen LogP contribution in [0.5, 0.6) is 0 Å². The highest BCUT2D eigenvalue weighted by Gasteiger charge is 2.21. The molecule has 12 heteroatoms. The average Bonchev–Trinajstić information content (AvgIpc) is 3.38. The molecule has 7 aromatic carbocycles. The average molecular weight is 925 g/mol. The molecule has 9 aromatic rings. The third-order valence-electron chi connectivity index (χ3n) is 10.6. The van der Waals surface area contributed by atoms with Crippen molar-refractivity contribution in [3.63, 3.8) is 0 Å². The predicted molar refractivity (Wildman–Crippen MR) is 277 cm³/mol. The molecule has 0 saturated heterocycles. The Labute approximate surface area is 396 Å². The Morgan fingerprint density at radius 1 is 0.265 bits per heavy atom. The van der Waals surface area contributed by atoms with Crippen LogP contribution in [0.4, 0.5) is 23.3 Å². The van der Waals surface area contributed by atoms with E-state index in [0.717, 1.165) is 10.6 Å². The number of rotatable bonds is 14. The number of hydrogen-bond acceptors (Lipinski definition) is 6. The Morgan fingerprint density at radius 3 is 0.794 bits per heavy atom. The van der Waals surface area contributed by atoms with Crippen LogP contribution in [0, 0.1) is 0 Å². The molecular formula is C56H42N6O4P2. The summed E-state index contributed by atoms with van der Waals surface area (Å²) in [5, 5.41) is 18.0. The minimum atomic E-state index is -0.913. The number of nitrogens with zero attached hydrogens (tertiary/aromatic N) is 2. The molecule has 330 valence electrons. The lowest BCUT2D eigenvalue weighted by Crippen LogP contribution is -2.22. The first kappa shape index (κ1) is 44.8. The van der Waals surface area contributed by atoms with Crippen LogP contribution < -0.4 is 53.1 Å². The Hall–Kier alpha value is -8.42. The van der Waals surface area contributed by atoms with Crippen LogP contribution in [0.3, 0.4) is 0 Å². The van der Waals surface area contributed by atoms with E-state index in [1.54, 1.807) is 66.7 Å². The zero-order valence-electron chi connectivity index (χ0n) is 36.4. The van der Waals surface area contributed by atoms with Crippen molar-refractivity contribution in [2.45, 2.75) is 0 Å². The van der Waals surface area contributed by atoms with Gasteiger partial charge in [0.1, 0.15) is 23.3 Å². The van der Waals surface area contributed by atoms with E-state index in [1.165, 1.54) is 27.3 Å². The molecule has 0 aliphatic carbocycles. The van der Waals surface area contributed by atoms with E-state index in [-0.39, 0.29) is 46.2 Å². The summed E-state index contributed by atoms with van der Waals surface area (Å²) in [7, 11) is -1.83. The quantitative estimate of drug-likeness (QED) is 0.0803. The van der Waals surface area contributed by atoms with Crippen LogP contribution in [-0.2, 0) is 0 Å². The van der Waals surface area contributed by atoms with Crippen LogP contribution in [0.1, 0.15) is 41.4 Å². The van der Waals surface area contributed by atoms with E-state index in [4.69, 9.17) is 0 Å². The maximum absolute atomic E-state index is 13.6. The van der Waals surface area contributed by atoms with Crippen molar-refractivity contribution in [2.24, 2.45) is 0 Å². The van der Waals surface area contributed by atoms with Crippen molar-refractivity contribution < 1.29 is 19.2 Å². The van der Waals surface area contributed by atoms with Gasteiger partial charge in [0.05, 0.1) is 0 Å². The summed E-state index contributed by atoms with van der Waals surface area (Å²) in [6.07, 6.45) is 0. The van der Waals surface area contributed by atoms with Crippen molar-refractivity contribution in [1.82, 2.24) is 9.97 Å². The minimum absolute atomic E-state index is 0.205. The first-order valence-electron chi connectivity index (χ1n) is 21.6. The highest BCUT2D eigenvalue weighted by Crippen LogP contribution is 2.34. The first-order chi connectivity index (χ1) is 33.3. The van der Waals surface area contributed by atoms with Crippen LogP contribution in [0.25, 0.3) is 0 Å². The number of hydrogen-bond donors (Lipinski definition) is 4. The fourth-order valence-electron chi connectivity index (χ4n) is 7.48. The van der Waals surface area contributed by atoms with Gasteiger partial charge in [-0.1, -0.05) is 164 Å².